The molecular formula is C36H44F2N2O6S2. The van der Waals surface area contributed by atoms with Gasteiger partial charge in [-0.25, -0.2) is 30.4 Å². The van der Waals surface area contributed by atoms with Crippen LogP contribution >= 0.6 is 0 Å². The van der Waals surface area contributed by atoms with Crippen LogP contribution in [-0.4, -0.2) is 82.2 Å². The largest absolute Gasteiger partial charge is 0.445 e. The van der Waals surface area contributed by atoms with Gasteiger partial charge in [-0.1, -0.05) is 48.9 Å². The fourth-order valence-electron chi connectivity index (χ4n) is 6.90. The zero-order valence-corrected chi connectivity index (χ0v) is 28.9. The smallest absolute Gasteiger partial charge is 0.410 e. The Balaban J connectivity index is 1.18. The summed E-state index contributed by atoms with van der Waals surface area (Å²) in [7, 11) is -6.80. The van der Waals surface area contributed by atoms with Crippen molar-refractivity contribution < 1.29 is 35.1 Å². The maximum absolute atomic E-state index is 14.3. The molecule has 1 unspecified atom stereocenters. The fourth-order valence-corrected chi connectivity index (χ4v) is 9.39. The van der Waals surface area contributed by atoms with E-state index >= 15 is 0 Å². The fraction of sp³-hybridized carbons (Fsp3) is 0.472. The number of hydrogen-bond donors (Lipinski definition) is 0. The van der Waals surface area contributed by atoms with Gasteiger partial charge in [0.2, 0.25) is 0 Å². The minimum atomic E-state index is -3.41. The van der Waals surface area contributed by atoms with E-state index in [1.807, 2.05) is 30.3 Å². The van der Waals surface area contributed by atoms with Gasteiger partial charge in [0.05, 0.1) is 15.9 Å². The third-order valence-electron chi connectivity index (χ3n) is 9.60. The standard InChI is InChI=1S/C36H44F2N2O6S2/c1-47(42,43)33-12-10-28(11-13-33)35(29-23-30(37)25-31(38)24-29)16-21-39-18-6-5-9-32(39)17-22-48(44,45)34-14-19-40(20-15-34)36(41)46-26-27-7-3-2-4-8-27/h2-4,7-8,10-13,23-25,32,34-35H,5-6,9,14-22,26H2,1H3/t32?,35-/m1/s1. The number of carbonyl (C=O) groups excluding carboxylic acids is 1. The van der Waals surface area contributed by atoms with Gasteiger partial charge in [0.15, 0.2) is 19.7 Å². The van der Waals surface area contributed by atoms with Crippen LogP contribution in [0.1, 0.15) is 67.6 Å². The molecule has 2 aliphatic rings. The number of nitrogens with zero attached hydrogens (tertiary/aromatic N) is 2. The number of benzene rings is 3. The van der Waals surface area contributed by atoms with Gasteiger partial charge >= 0.3 is 6.09 Å². The van der Waals surface area contributed by atoms with E-state index in [9.17, 15) is 30.4 Å². The second-order valence-corrected chi connectivity index (χ2v) is 17.4. The van der Waals surface area contributed by atoms with Gasteiger partial charge in [-0.2, -0.15) is 0 Å². The Bertz CT molecular complexity index is 1730. The summed E-state index contributed by atoms with van der Waals surface area (Å²) in [5, 5.41) is -0.505. The molecule has 2 saturated heterocycles. The van der Waals surface area contributed by atoms with Crippen molar-refractivity contribution in [1.82, 2.24) is 9.80 Å². The van der Waals surface area contributed by atoms with Gasteiger partial charge in [-0.05, 0) is 92.6 Å². The molecule has 12 heteroatoms. The third-order valence-corrected chi connectivity index (χ3v) is 13.0. The second kappa shape index (κ2) is 15.9. The molecule has 2 aliphatic heterocycles. The predicted molar refractivity (Wildman–Crippen MR) is 181 cm³/mol. The molecule has 1 amide bonds. The highest BCUT2D eigenvalue weighted by atomic mass is 32.2. The van der Waals surface area contributed by atoms with Crippen LogP contribution in [0.25, 0.3) is 0 Å². The number of likely N-dealkylation sites (tertiary alicyclic amines) is 2. The molecule has 260 valence electrons. The first-order chi connectivity index (χ1) is 22.9. The molecule has 0 spiro atoms. The van der Waals surface area contributed by atoms with Crippen molar-refractivity contribution in [2.45, 2.75) is 73.7 Å². The predicted octanol–water partition coefficient (Wildman–Crippen LogP) is 6.35. The minimum absolute atomic E-state index is 0.0547. The molecule has 8 nitrogen and oxygen atoms in total. The van der Waals surface area contributed by atoms with Gasteiger partial charge < -0.3 is 14.5 Å². The molecular weight excluding hydrogens is 659 g/mol. The van der Waals surface area contributed by atoms with E-state index in [4.69, 9.17) is 4.74 Å². The van der Waals surface area contributed by atoms with Crippen molar-refractivity contribution >= 4 is 25.8 Å². The van der Waals surface area contributed by atoms with Crippen LogP contribution in [0.4, 0.5) is 13.6 Å². The monoisotopic (exact) mass is 702 g/mol. The lowest BCUT2D eigenvalue weighted by Gasteiger charge is -2.37. The quantitative estimate of drug-likeness (QED) is 0.217. The number of piperidine rings is 2. The third kappa shape index (κ3) is 9.63. The van der Waals surface area contributed by atoms with Gasteiger partial charge in [-0.3, -0.25) is 0 Å². The van der Waals surface area contributed by atoms with E-state index in [1.54, 1.807) is 17.0 Å². The lowest BCUT2D eigenvalue weighted by molar-refractivity contribution is 0.0897. The molecule has 0 aromatic heterocycles. The summed E-state index contributed by atoms with van der Waals surface area (Å²) in [6.45, 7) is 2.22. The average molecular weight is 703 g/mol. The average Bonchev–Trinajstić information content (AvgIpc) is 3.07. The highest BCUT2D eigenvalue weighted by molar-refractivity contribution is 7.92. The van der Waals surface area contributed by atoms with Crippen molar-refractivity contribution in [1.29, 1.82) is 0 Å². The van der Waals surface area contributed by atoms with Crippen molar-refractivity contribution in [3.63, 3.8) is 0 Å². The van der Waals surface area contributed by atoms with E-state index in [-0.39, 0.29) is 29.2 Å². The Hall–Kier alpha value is -3.35. The van der Waals surface area contributed by atoms with E-state index < -0.39 is 42.7 Å². The molecule has 2 fully saturated rings. The van der Waals surface area contributed by atoms with Crippen LogP contribution in [0.3, 0.4) is 0 Å². The number of hydrogen-bond acceptors (Lipinski definition) is 7. The van der Waals surface area contributed by atoms with E-state index in [1.165, 1.54) is 24.3 Å². The number of carbonyl (C=O) groups is 1. The number of amides is 1. The van der Waals surface area contributed by atoms with Crippen molar-refractivity contribution in [3.8, 4) is 0 Å². The van der Waals surface area contributed by atoms with Gasteiger partial charge in [0.1, 0.15) is 18.2 Å². The zero-order valence-electron chi connectivity index (χ0n) is 27.3. The molecule has 0 N–H and O–H groups in total. The normalized spacial score (nSPS) is 18.8. The van der Waals surface area contributed by atoms with Crippen LogP contribution in [0.5, 0.6) is 0 Å². The van der Waals surface area contributed by atoms with Gasteiger partial charge in [0, 0.05) is 37.4 Å². The minimum Gasteiger partial charge on any atom is -0.445 e. The van der Waals surface area contributed by atoms with Crippen LogP contribution in [-0.2, 0) is 31.0 Å². The van der Waals surface area contributed by atoms with E-state index in [0.717, 1.165) is 49.3 Å². The first kappa shape index (κ1) is 35.9. The maximum atomic E-state index is 14.3. The SMILES string of the molecule is CS(=O)(=O)c1ccc([C@@H](CCN2CCCCC2CCS(=O)(=O)C2CCN(C(=O)OCc3ccccc3)CC2)c2cc(F)cc(F)c2)cc1. The molecule has 2 heterocycles. The number of sulfone groups is 2. The molecule has 5 rings (SSSR count). The molecule has 48 heavy (non-hydrogen) atoms. The van der Waals surface area contributed by atoms with E-state index in [0.29, 0.717) is 50.9 Å². The first-order valence-electron chi connectivity index (χ1n) is 16.6. The Labute approximate surface area is 282 Å². The van der Waals surface area contributed by atoms with Crippen LogP contribution in [0, 0.1) is 11.6 Å². The summed E-state index contributed by atoms with van der Waals surface area (Å²) in [5.41, 5.74) is 2.10. The Morgan fingerprint density at radius 1 is 0.854 bits per heavy atom. The Morgan fingerprint density at radius 2 is 1.52 bits per heavy atom. The molecule has 0 radical (unpaired) electrons. The molecule has 0 aliphatic carbocycles. The summed E-state index contributed by atoms with van der Waals surface area (Å²) >= 11 is 0. The Kier molecular flexibility index (Phi) is 11.9. The van der Waals surface area contributed by atoms with Crippen molar-refractivity contribution in [2.24, 2.45) is 0 Å². The summed E-state index contributed by atoms with van der Waals surface area (Å²) in [6.07, 6.45) is 5.29. The first-order valence-corrected chi connectivity index (χ1v) is 20.2. The topological polar surface area (TPSA) is 101 Å². The number of rotatable bonds is 12. The molecule has 3 aromatic carbocycles. The maximum Gasteiger partial charge on any atom is 0.410 e. The summed E-state index contributed by atoms with van der Waals surface area (Å²) in [6, 6.07) is 19.3. The van der Waals surface area contributed by atoms with Gasteiger partial charge in [-0.15, -0.1) is 0 Å². The van der Waals surface area contributed by atoms with Crippen molar-refractivity contribution in [2.75, 3.05) is 38.2 Å². The van der Waals surface area contributed by atoms with Gasteiger partial charge in [0.25, 0.3) is 0 Å². The molecule has 2 atom stereocenters. The summed E-state index contributed by atoms with van der Waals surface area (Å²) in [5.74, 6) is -1.69. The van der Waals surface area contributed by atoms with Crippen LogP contribution in [0.2, 0.25) is 0 Å². The summed E-state index contributed by atoms with van der Waals surface area (Å²) < 4.78 is 85.0. The van der Waals surface area contributed by atoms with Crippen LogP contribution < -0.4 is 0 Å². The highest BCUT2D eigenvalue weighted by Gasteiger charge is 2.33. The highest BCUT2D eigenvalue weighted by Crippen LogP contribution is 2.32. The van der Waals surface area contributed by atoms with Crippen LogP contribution in [0.15, 0.2) is 77.7 Å². The Morgan fingerprint density at radius 3 is 2.17 bits per heavy atom. The number of halogens is 2. The molecule has 0 saturated carbocycles. The van der Waals surface area contributed by atoms with Crippen molar-refractivity contribution in [3.05, 3.63) is 101 Å². The number of ether oxygens (including phenoxy) is 1. The molecule has 3 aromatic rings. The lowest BCUT2D eigenvalue weighted by Crippen LogP contribution is -2.44. The lowest BCUT2D eigenvalue weighted by atomic mass is 9.87. The summed E-state index contributed by atoms with van der Waals surface area (Å²) in [4.78, 5) is 16.6. The second-order valence-electron chi connectivity index (χ2n) is 13.0. The molecule has 0 bridgehead atoms. The zero-order chi connectivity index (χ0) is 34.3. The van der Waals surface area contributed by atoms with E-state index in [2.05, 4.69) is 4.90 Å².